The van der Waals surface area contributed by atoms with E-state index in [1.165, 1.54) is 0 Å². The smallest absolute Gasteiger partial charge is 0.237 e. The molecule has 5 aromatic rings. The molecule has 4 heterocycles. The van der Waals surface area contributed by atoms with Crippen LogP contribution in [-0.4, -0.2) is 19.4 Å². The fraction of sp³-hybridized carbons (Fsp3) is 0. The number of nitrogens with zero attached hydrogens (tertiary/aromatic N) is 5. The van der Waals surface area contributed by atoms with Crippen LogP contribution >= 0.6 is 0 Å². The summed E-state index contributed by atoms with van der Waals surface area (Å²) in [4.78, 5) is 18.4. The van der Waals surface area contributed by atoms with Gasteiger partial charge in [-0.1, -0.05) is 18.2 Å². The van der Waals surface area contributed by atoms with Gasteiger partial charge in [0.25, 0.3) is 0 Å². The van der Waals surface area contributed by atoms with Crippen molar-refractivity contribution < 1.29 is 0 Å². The zero-order chi connectivity index (χ0) is 15.0. The van der Waals surface area contributed by atoms with Crippen LogP contribution in [0.4, 0.5) is 5.69 Å². The molecule has 0 atom stereocenters. The molecule has 1 aliphatic heterocycles. The van der Waals surface area contributed by atoms with Gasteiger partial charge in [0, 0.05) is 17.3 Å². The summed E-state index contributed by atoms with van der Waals surface area (Å²) in [7, 11) is 0. The molecule has 0 amide bonds. The number of imidazole rings is 2. The summed E-state index contributed by atoms with van der Waals surface area (Å²) in [6, 6.07) is 16.2. The highest BCUT2D eigenvalue weighted by Crippen LogP contribution is 2.34. The quantitative estimate of drug-likeness (QED) is 0.433. The molecule has 0 radical (unpaired) electrons. The maximum atomic E-state index is 4.73. The summed E-state index contributed by atoms with van der Waals surface area (Å²) >= 11 is 0. The van der Waals surface area contributed by atoms with Crippen molar-refractivity contribution in [2.45, 2.75) is 0 Å². The van der Waals surface area contributed by atoms with Crippen molar-refractivity contribution in [1.82, 2.24) is 19.4 Å². The van der Waals surface area contributed by atoms with Crippen LogP contribution in [-0.2, 0) is 0 Å². The topological polar surface area (TPSA) is 55.4 Å². The van der Waals surface area contributed by atoms with E-state index in [4.69, 9.17) is 4.99 Å². The van der Waals surface area contributed by atoms with E-state index >= 15 is 0 Å². The monoisotopic (exact) mass is 295 g/mol. The lowest BCUT2D eigenvalue weighted by Crippen LogP contribution is -2.00. The molecule has 0 fully saturated rings. The zero-order valence-corrected chi connectivity index (χ0v) is 11.9. The average Bonchev–Trinajstić information content (AvgIpc) is 3.21. The average molecular weight is 295 g/mol. The molecule has 23 heavy (non-hydrogen) atoms. The molecule has 0 saturated heterocycles. The maximum absolute atomic E-state index is 4.73. The first-order valence-corrected chi connectivity index (χ1v) is 7.43. The Kier molecular flexibility index (Phi) is 1.81. The highest BCUT2D eigenvalue weighted by molar-refractivity contribution is 5.92. The van der Waals surface area contributed by atoms with E-state index in [9.17, 15) is 0 Å². The molecule has 2 aromatic carbocycles. The summed E-state index contributed by atoms with van der Waals surface area (Å²) in [5.41, 5.74) is 6.92. The van der Waals surface area contributed by atoms with Crippen molar-refractivity contribution in [2.75, 3.05) is 0 Å². The third kappa shape index (κ3) is 1.32. The fourth-order valence-corrected chi connectivity index (χ4v) is 3.38. The van der Waals surface area contributed by atoms with E-state index in [2.05, 4.69) is 33.2 Å². The second kappa shape index (κ2) is 3.70. The van der Waals surface area contributed by atoms with Crippen molar-refractivity contribution >= 4 is 33.7 Å². The van der Waals surface area contributed by atoms with Crippen LogP contribution in [0.1, 0.15) is 0 Å². The molecule has 0 spiro atoms. The summed E-state index contributed by atoms with van der Waals surface area (Å²) < 4.78 is 2.00. The van der Waals surface area contributed by atoms with Crippen LogP contribution < -0.4 is 5.36 Å². The molecule has 0 unspecified atom stereocenters. The molecule has 0 bridgehead atoms. The lowest BCUT2D eigenvalue weighted by Gasteiger charge is -1.98. The van der Waals surface area contributed by atoms with Crippen molar-refractivity contribution in [3.63, 3.8) is 0 Å². The van der Waals surface area contributed by atoms with Gasteiger partial charge in [-0.05, 0) is 30.3 Å². The second-order valence-electron chi connectivity index (χ2n) is 5.69. The SMILES string of the molecule is c1ccc2c(c1)N=c1cc3c(cc1-2)nc1nc2cccnc2n13. The Morgan fingerprint density at radius 1 is 0.826 bits per heavy atom. The first-order valence-electron chi connectivity index (χ1n) is 7.43. The van der Waals surface area contributed by atoms with E-state index in [0.29, 0.717) is 5.78 Å². The Morgan fingerprint density at radius 2 is 1.74 bits per heavy atom. The lowest BCUT2D eigenvalue weighted by atomic mass is 10.1. The predicted molar refractivity (Wildman–Crippen MR) is 87.6 cm³/mol. The van der Waals surface area contributed by atoms with Gasteiger partial charge in [-0.15, -0.1) is 0 Å². The van der Waals surface area contributed by atoms with Crippen molar-refractivity contribution in [3.05, 3.63) is 60.1 Å². The number of benzene rings is 2. The van der Waals surface area contributed by atoms with Gasteiger partial charge < -0.3 is 0 Å². The van der Waals surface area contributed by atoms with Crippen LogP contribution in [0, 0.1) is 0 Å². The largest absolute Gasteiger partial charge is 0.259 e. The minimum absolute atomic E-state index is 0.686. The number of hydrogen-bond acceptors (Lipinski definition) is 4. The number of para-hydroxylation sites is 1. The third-order valence-corrected chi connectivity index (χ3v) is 4.39. The highest BCUT2D eigenvalue weighted by atomic mass is 15.2. The summed E-state index contributed by atoms with van der Waals surface area (Å²) in [5.74, 6) is 0.686. The molecular formula is C18H9N5. The van der Waals surface area contributed by atoms with Crippen molar-refractivity contribution in [2.24, 2.45) is 4.99 Å². The van der Waals surface area contributed by atoms with E-state index in [-0.39, 0.29) is 0 Å². The van der Waals surface area contributed by atoms with Crippen LogP contribution in [0.2, 0.25) is 0 Å². The maximum Gasteiger partial charge on any atom is 0.237 e. The summed E-state index contributed by atoms with van der Waals surface area (Å²) in [6.45, 7) is 0. The normalized spacial score (nSPS) is 12.7. The van der Waals surface area contributed by atoms with Crippen LogP contribution in [0.3, 0.4) is 0 Å². The summed E-state index contributed by atoms with van der Waals surface area (Å²) in [6.07, 6.45) is 1.78. The van der Waals surface area contributed by atoms with E-state index in [0.717, 1.165) is 44.4 Å². The second-order valence-corrected chi connectivity index (χ2v) is 5.69. The standard InChI is InChI=1S/C18H9N5/c1-2-5-12-10(4-1)11-8-15-16(9-14(11)20-12)23-17-13(6-3-7-19-17)21-18(23)22-15/h1-9H. The molecular weight excluding hydrogens is 286 g/mol. The Morgan fingerprint density at radius 3 is 2.74 bits per heavy atom. The molecule has 0 N–H and O–H groups in total. The number of pyridine rings is 1. The zero-order valence-electron chi connectivity index (χ0n) is 11.9. The first-order chi connectivity index (χ1) is 11.4. The molecule has 6 rings (SSSR count). The van der Waals surface area contributed by atoms with Gasteiger partial charge in [-0.25, -0.2) is 19.9 Å². The van der Waals surface area contributed by atoms with Gasteiger partial charge in [0.1, 0.15) is 5.52 Å². The minimum Gasteiger partial charge on any atom is -0.259 e. The minimum atomic E-state index is 0.686. The van der Waals surface area contributed by atoms with Gasteiger partial charge in [0.05, 0.1) is 22.1 Å². The molecule has 3 aromatic heterocycles. The van der Waals surface area contributed by atoms with Crippen molar-refractivity contribution in [1.29, 1.82) is 0 Å². The number of aromatic nitrogens is 4. The van der Waals surface area contributed by atoms with Crippen LogP contribution in [0.25, 0.3) is 39.1 Å². The van der Waals surface area contributed by atoms with Gasteiger partial charge in [0.2, 0.25) is 5.78 Å². The van der Waals surface area contributed by atoms with Gasteiger partial charge in [0.15, 0.2) is 5.65 Å². The Hall–Kier alpha value is -3.34. The van der Waals surface area contributed by atoms with Gasteiger partial charge in [-0.2, -0.15) is 0 Å². The molecule has 5 heteroatoms. The highest BCUT2D eigenvalue weighted by Gasteiger charge is 2.18. The van der Waals surface area contributed by atoms with Gasteiger partial charge >= 0.3 is 0 Å². The number of hydrogen-bond donors (Lipinski definition) is 0. The van der Waals surface area contributed by atoms with Crippen LogP contribution in [0.15, 0.2) is 59.7 Å². The first kappa shape index (κ1) is 11.3. The lowest BCUT2D eigenvalue weighted by molar-refractivity contribution is 1.23. The third-order valence-electron chi connectivity index (χ3n) is 4.39. The van der Waals surface area contributed by atoms with E-state index < -0.39 is 0 Å². The molecule has 106 valence electrons. The Labute approximate surface area is 130 Å². The van der Waals surface area contributed by atoms with Crippen LogP contribution in [0.5, 0.6) is 0 Å². The fourth-order valence-electron chi connectivity index (χ4n) is 3.38. The molecule has 1 aliphatic rings. The van der Waals surface area contributed by atoms with Crippen molar-refractivity contribution in [3.8, 4) is 11.1 Å². The van der Waals surface area contributed by atoms with E-state index in [1.54, 1.807) is 6.20 Å². The predicted octanol–water partition coefficient (Wildman–Crippen LogP) is 3.08. The molecule has 0 aliphatic carbocycles. The van der Waals surface area contributed by atoms with E-state index in [1.807, 2.05) is 34.7 Å². The Bertz CT molecular complexity index is 1320. The summed E-state index contributed by atoms with van der Waals surface area (Å²) in [5, 5.41) is 0.978. The Balaban J connectivity index is 1.80. The molecule has 0 saturated carbocycles. The molecule has 5 nitrogen and oxygen atoms in total. The number of rotatable bonds is 0. The van der Waals surface area contributed by atoms with Gasteiger partial charge in [-0.3, -0.25) is 4.40 Å². The number of fused-ring (bicyclic) bond motifs is 8.